The van der Waals surface area contributed by atoms with Crippen LogP contribution < -0.4 is 4.90 Å². The predicted molar refractivity (Wildman–Crippen MR) is 76.2 cm³/mol. The summed E-state index contributed by atoms with van der Waals surface area (Å²) in [4.78, 5) is 4.71. The van der Waals surface area contributed by atoms with Crippen molar-refractivity contribution in [3.63, 3.8) is 0 Å². The highest BCUT2D eigenvalue weighted by atomic mass is 16.3. The highest BCUT2D eigenvalue weighted by molar-refractivity contribution is 5.60. The topological polar surface area (TPSA) is 26.7 Å². The zero-order valence-electron chi connectivity index (χ0n) is 11.8. The fraction of sp³-hybridized carbons (Fsp3) is 0.600. The van der Waals surface area contributed by atoms with Crippen LogP contribution >= 0.6 is 0 Å². The molecule has 2 rings (SSSR count). The average molecular weight is 248 g/mol. The van der Waals surface area contributed by atoms with Crippen LogP contribution in [0.15, 0.2) is 18.2 Å². The summed E-state index contributed by atoms with van der Waals surface area (Å²) in [7, 11) is 2.13. The first-order valence-electron chi connectivity index (χ1n) is 6.68. The Morgan fingerprint density at radius 2 is 1.83 bits per heavy atom. The number of aliphatic hydroxyl groups excluding tert-OH is 1. The van der Waals surface area contributed by atoms with Crippen LogP contribution in [0.3, 0.4) is 0 Å². The van der Waals surface area contributed by atoms with Crippen LogP contribution in [0, 0.1) is 13.8 Å². The summed E-state index contributed by atoms with van der Waals surface area (Å²) in [5.74, 6) is 0. The number of hydrogen-bond donors (Lipinski definition) is 1. The third-order valence-electron chi connectivity index (χ3n) is 4.09. The van der Waals surface area contributed by atoms with Gasteiger partial charge >= 0.3 is 0 Å². The van der Waals surface area contributed by atoms with Crippen molar-refractivity contribution >= 4 is 5.69 Å². The zero-order valence-corrected chi connectivity index (χ0v) is 11.8. The van der Waals surface area contributed by atoms with Gasteiger partial charge in [0, 0.05) is 24.8 Å². The number of anilines is 1. The van der Waals surface area contributed by atoms with Gasteiger partial charge in [-0.05, 0) is 38.9 Å². The Morgan fingerprint density at radius 3 is 2.39 bits per heavy atom. The standard InChI is InChI=1S/C15H24N2O/c1-11-6-5-7-12(2)15(11)17-8-13(3)16(4)9-14(17)10-18/h5-7,13-14,18H,8-10H2,1-4H3. The monoisotopic (exact) mass is 248 g/mol. The van der Waals surface area contributed by atoms with Gasteiger partial charge < -0.3 is 10.0 Å². The largest absolute Gasteiger partial charge is 0.394 e. The van der Waals surface area contributed by atoms with Crippen molar-refractivity contribution in [2.75, 3.05) is 31.6 Å². The van der Waals surface area contributed by atoms with Gasteiger partial charge in [-0.25, -0.2) is 0 Å². The number of rotatable bonds is 2. The van der Waals surface area contributed by atoms with E-state index in [0.717, 1.165) is 13.1 Å². The maximum atomic E-state index is 9.64. The summed E-state index contributed by atoms with van der Waals surface area (Å²) in [5.41, 5.74) is 3.90. The van der Waals surface area contributed by atoms with Gasteiger partial charge in [0.15, 0.2) is 0 Å². The van der Waals surface area contributed by atoms with E-state index in [1.54, 1.807) is 0 Å². The Bertz CT molecular complexity index is 399. The summed E-state index contributed by atoms with van der Waals surface area (Å²) in [5, 5.41) is 9.64. The van der Waals surface area contributed by atoms with Crippen molar-refractivity contribution in [1.82, 2.24) is 4.90 Å². The van der Waals surface area contributed by atoms with Crippen LogP contribution in [0.1, 0.15) is 18.1 Å². The van der Waals surface area contributed by atoms with Gasteiger partial charge in [0.25, 0.3) is 0 Å². The van der Waals surface area contributed by atoms with E-state index >= 15 is 0 Å². The predicted octanol–water partition coefficient (Wildman–Crippen LogP) is 1.80. The number of benzene rings is 1. The Kier molecular flexibility index (Phi) is 3.93. The van der Waals surface area contributed by atoms with E-state index < -0.39 is 0 Å². The summed E-state index contributed by atoms with van der Waals surface area (Å²) in [6, 6.07) is 7.12. The SMILES string of the molecule is Cc1cccc(C)c1N1CC(C)N(C)CC1CO. The Labute approximate surface area is 110 Å². The first-order chi connectivity index (χ1) is 8.54. The second-order valence-electron chi connectivity index (χ2n) is 5.52. The molecular weight excluding hydrogens is 224 g/mol. The van der Waals surface area contributed by atoms with Gasteiger partial charge in [-0.1, -0.05) is 18.2 Å². The van der Waals surface area contributed by atoms with Crippen molar-refractivity contribution in [1.29, 1.82) is 0 Å². The van der Waals surface area contributed by atoms with Crippen molar-refractivity contribution in [3.8, 4) is 0 Å². The van der Waals surface area contributed by atoms with Crippen molar-refractivity contribution < 1.29 is 5.11 Å². The number of likely N-dealkylation sites (N-methyl/N-ethyl adjacent to an activating group) is 1. The molecule has 1 aliphatic heterocycles. The third-order valence-corrected chi connectivity index (χ3v) is 4.09. The smallest absolute Gasteiger partial charge is 0.0648 e. The van der Waals surface area contributed by atoms with Crippen LogP contribution in [0.2, 0.25) is 0 Å². The third kappa shape index (κ3) is 2.38. The molecule has 2 unspecified atom stereocenters. The van der Waals surface area contributed by atoms with Crippen molar-refractivity contribution in [3.05, 3.63) is 29.3 Å². The minimum absolute atomic E-state index is 0.200. The fourth-order valence-electron chi connectivity index (χ4n) is 2.87. The Hall–Kier alpha value is -1.06. The molecule has 1 aliphatic rings. The molecular formula is C15H24N2O. The van der Waals surface area contributed by atoms with Crippen LogP contribution in [0.25, 0.3) is 0 Å². The first kappa shape index (κ1) is 13.4. The molecule has 0 bridgehead atoms. The second-order valence-corrected chi connectivity index (χ2v) is 5.52. The molecule has 18 heavy (non-hydrogen) atoms. The molecule has 0 spiro atoms. The lowest BCUT2D eigenvalue weighted by Gasteiger charge is -2.45. The van der Waals surface area contributed by atoms with E-state index in [4.69, 9.17) is 0 Å². The first-order valence-corrected chi connectivity index (χ1v) is 6.68. The maximum absolute atomic E-state index is 9.64. The minimum Gasteiger partial charge on any atom is -0.394 e. The van der Waals surface area contributed by atoms with Gasteiger partial charge in [-0.2, -0.15) is 0 Å². The van der Waals surface area contributed by atoms with E-state index in [1.165, 1.54) is 16.8 Å². The van der Waals surface area contributed by atoms with Gasteiger partial charge in [0.1, 0.15) is 0 Å². The van der Waals surface area contributed by atoms with Crippen molar-refractivity contribution in [2.24, 2.45) is 0 Å². The Balaban J connectivity index is 2.35. The van der Waals surface area contributed by atoms with E-state index in [1.807, 2.05) is 0 Å². The Morgan fingerprint density at radius 1 is 1.22 bits per heavy atom. The molecule has 0 aromatic heterocycles. The molecule has 1 heterocycles. The van der Waals surface area contributed by atoms with Crippen LogP contribution in [-0.2, 0) is 0 Å². The molecule has 1 aromatic carbocycles. The summed E-state index contributed by atoms with van der Waals surface area (Å²) >= 11 is 0. The molecule has 3 heteroatoms. The molecule has 3 nitrogen and oxygen atoms in total. The normalized spacial score (nSPS) is 25.5. The average Bonchev–Trinajstić information content (AvgIpc) is 2.33. The summed E-state index contributed by atoms with van der Waals surface area (Å²) in [6.07, 6.45) is 0. The molecule has 100 valence electrons. The number of aryl methyl sites for hydroxylation is 2. The zero-order chi connectivity index (χ0) is 13.3. The maximum Gasteiger partial charge on any atom is 0.0648 e. The molecule has 0 radical (unpaired) electrons. The number of aliphatic hydroxyl groups is 1. The van der Waals surface area contributed by atoms with Crippen molar-refractivity contribution in [2.45, 2.75) is 32.9 Å². The molecule has 1 saturated heterocycles. The van der Waals surface area contributed by atoms with Crippen LogP contribution in [-0.4, -0.2) is 48.8 Å². The lowest BCUT2D eigenvalue weighted by atomic mass is 10.0. The lowest BCUT2D eigenvalue weighted by Crippen LogP contribution is -2.57. The lowest BCUT2D eigenvalue weighted by molar-refractivity contribution is 0.155. The van der Waals surface area contributed by atoms with Gasteiger partial charge in [-0.3, -0.25) is 4.90 Å². The molecule has 0 amide bonds. The molecule has 0 saturated carbocycles. The second kappa shape index (κ2) is 5.29. The van der Waals surface area contributed by atoms with E-state index in [0.29, 0.717) is 6.04 Å². The minimum atomic E-state index is 0.200. The number of hydrogen-bond acceptors (Lipinski definition) is 3. The number of piperazine rings is 1. The van der Waals surface area contributed by atoms with E-state index in [2.05, 4.69) is 55.8 Å². The molecule has 1 aromatic rings. The highest BCUT2D eigenvalue weighted by Gasteiger charge is 2.30. The van der Waals surface area contributed by atoms with Gasteiger partial charge in [0.2, 0.25) is 0 Å². The van der Waals surface area contributed by atoms with E-state index in [-0.39, 0.29) is 12.6 Å². The molecule has 0 aliphatic carbocycles. The highest BCUT2D eigenvalue weighted by Crippen LogP contribution is 2.29. The molecule has 2 atom stereocenters. The van der Waals surface area contributed by atoms with Crippen LogP contribution in [0.4, 0.5) is 5.69 Å². The quantitative estimate of drug-likeness (QED) is 0.864. The number of nitrogens with zero attached hydrogens (tertiary/aromatic N) is 2. The number of para-hydroxylation sites is 1. The fourth-order valence-corrected chi connectivity index (χ4v) is 2.87. The van der Waals surface area contributed by atoms with E-state index in [9.17, 15) is 5.11 Å². The summed E-state index contributed by atoms with van der Waals surface area (Å²) < 4.78 is 0. The molecule has 1 N–H and O–H groups in total. The van der Waals surface area contributed by atoms with Gasteiger partial charge in [0.05, 0.1) is 12.6 Å². The van der Waals surface area contributed by atoms with Gasteiger partial charge in [-0.15, -0.1) is 0 Å². The summed E-state index contributed by atoms with van der Waals surface area (Å²) in [6.45, 7) is 8.66. The molecule has 1 fully saturated rings. The van der Waals surface area contributed by atoms with Crippen LogP contribution in [0.5, 0.6) is 0 Å².